The number of hydrogen-bond donors (Lipinski definition) is 1. The third-order valence-electron chi connectivity index (χ3n) is 2.93. The van der Waals surface area contributed by atoms with E-state index in [0.29, 0.717) is 0 Å². The molecule has 3 heteroatoms. The number of aliphatic hydroxyl groups excluding tert-OH is 1. The number of benzene rings is 2. The summed E-state index contributed by atoms with van der Waals surface area (Å²) in [6, 6.07) is 15.8. The first-order valence-electron chi connectivity index (χ1n) is 5.80. The van der Waals surface area contributed by atoms with Crippen molar-refractivity contribution in [3.8, 4) is 0 Å². The predicted molar refractivity (Wildman–Crippen MR) is 79.1 cm³/mol. The molecule has 94 valence electrons. The SMILES string of the molecule is OCC(Cc1cccc(Cl)c1)c1ccc(Br)cc1. The Kier molecular flexibility index (Phi) is 4.81. The van der Waals surface area contributed by atoms with Crippen LogP contribution in [0.3, 0.4) is 0 Å². The first-order valence-corrected chi connectivity index (χ1v) is 6.97. The van der Waals surface area contributed by atoms with Gasteiger partial charge in [-0.25, -0.2) is 0 Å². The van der Waals surface area contributed by atoms with E-state index in [1.807, 2.05) is 48.5 Å². The average molecular weight is 326 g/mol. The van der Waals surface area contributed by atoms with Crippen molar-refractivity contribution in [2.75, 3.05) is 6.61 Å². The van der Waals surface area contributed by atoms with Gasteiger partial charge in [0.25, 0.3) is 0 Å². The van der Waals surface area contributed by atoms with Gasteiger partial charge in [0, 0.05) is 15.4 Å². The van der Waals surface area contributed by atoms with Gasteiger partial charge in [0.2, 0.25) is 0 Å². The van der Waals surface area contributed by atoms with E-state index in [2.05, 4.69) is 15.9 Å². The Morgan fingerprint density at radius 3 is 2.44 bits per heavy atom. The van der Waals surface area contributed by atoms with Crippen LogP contribution in [-0.2, 0) is 6.42 Å². The molecule has 0 radical (unpaired) electrons. The zero-order valence-corrected chi connectivity index (χ0v) is 12.2. The van der Waals surface area contributed by atoms with Gasteiger partial charge in [0.1, 0.15) is 0 Å². The summed E-state index contributed by atoms with van der Waals surface area (Å²) in [5, 5.41) is 10.3. The van der Waals surface area contributed by atoms with Gasteiger partial charge in [-0.15, -0.1) is 0 Å². The second kappa shape index (κ2) is 6.37. The zero-order chi connectivity index (χ0) is 13.0. The van der Waals surface area contributed by atoms with Crippen LogP contribution < -0.4 is 0 Å². The van der Waals surface area contributed by atoms with Crippen LogP contribution in [0.1, 0.15) is 17.0 Å². The van der Waals surface area contributed by atoms with E-state index in [1.54, 1.807) is 0 Å². The Labute approximate surface area is 121 Å². The van der Waals surface area contributed by atoms with Gasteiger partial charge >= 0.3 is 0 Å². The van der Waals surface area contributed by atoms with Crippen molar-refractivity contribution in [2.45, 2.75) is 12.3 Å². The van der Waals surface area contributed by atoms with E-state index < -0.39 is 0 Å². The van der Waals surface area contributed by atoms with E-state index in [4.69, 9.17) is 11.6 Å². The maximum atomic E-state index is 9.53. The molecule has 1 atom stereocenters. The van der Waals surface area contributed by atoms with Gasteiger partial charge in [-0.2, -0.15) is 0 Å². The summed E-state index contributed by atoms with van der Waals surface area (Å²) in [5.41, 5.74) is 2.28. The Bertz CT molecular complexity index is 510. The molecule has 0 saturated heterocycles. The molecular weight excluding hydrogens is 312 g/mol. The largest absolute Gasteiger partial charge is 0.396 e. The first kappa shape index (κ1) is 13.6. The van der Waals surface area contributed by atoms with Crippen LogP contribution in [0, 0.1) is 0 Å². The fourth-order valence-electron chi connectivity index (χ4n) is 1.97. The van der Waals surface area contributed by atoms with E-state index in [0.717, 1.165) is 27.0 Å². The molecule has 0 aliphatic rings. The van der Waals surface area contributed by atoms with Crippen molar-refractivity contribution in [1.82, 2.24) is 0 Å². The summed E-state index contributed by atoms with van der Waals surface area (Å²) in [7, 11) is 0. The number of aliphatic hydroxyl groups is 1. The van der Waals surface area contributed by atoms with Crippen molar-refractivity contribution in [2.24, 2.45) is 0 Å². The van der Waals surface area contributed by atoms with Crippen LogP contribution in [0.25, 0.3) is 0 Å². The highest BCUT2D eigenvalue weighted by atomic mass is 79.9. The zero-order valence-electron chi connectivity index (χ0n) is 9.81. The molecular formula is C15H14BrClO. The van der Waals surface area contributed by atoms with Crippen LogP contribution in [0.4, 0.5) is 0 Å². The van der Waals surface area contributed by atoms with Crippen molar-refractivity contribution < 1.29 is 5.11 Å². The van der Waals surface area contributed by atoms with Crippen molar-refractivity contribution in [3.05, 3.63) is 69.2 Å². The third-order valence-corrected chi connectivity index (χ3v) is 3.70. The van der Waals surface area contributed by atoms with Crippen molar-refractivity contribution in [3.63, 3.8) is 0 Å². The number of rotatable bonds is 4. The Balaban J connectivity index is 2.17. The van der Waals surface area contributed by atoms with Gasteiger partial charge in [0.15, 0.2) is 0 Å². The minimum atomic E-state index is 0.108. The standard InChI is InChI=1S/C15H14BrClO/c16-14-6-4-12(5-7-14)13(10-18)8-11-2-1-3-15(17)9-11/h1-7,9,13,18H,8,10H2. The highest BCUT2D eigenvalue weighted by molar-refractivity contribution is 9.10. The molecule has 0 bridgehead atoms. The summed E-state index contributed by atoms with van der Waals surface area (Å²) in [6.45, 7) is 0.133. The molecule has 0 saturated carbocycles. The molecule has 18 heavy (non-hydrogen) atoms. The summed E-state index contributed by atoms with van der Waals surface area (Å²) >= 11 is 9.38. The third kappa shape index (κ3) is 3.58. The molecule has 1 unspecified atom stereocenters. The quantitative estimate of drug-likeness (QED) is 0.882. The van der Waals surface area contributed by atoms with Crippen LogP contribution in [0.2, 0.25) is 5.02 Å². The van der Waals surface area contributed by atoms with Crippen LogP contribution in [0.5, 0.6) is 0 Å². The Morgan fingerprint density at radius 2 is 1.83 bits per heavy atom. The van der Waals surface area contributed by atoms with E-state index in [-0.39, 0.29) is 12.5 Å². The fourth-order valence-corrected chi connectivity index (χ4v) is 2.45. The van der Waals surface area contributed by atoms with Crippen molar-refractivity contribution in [1.29, 1.82) is 0 Å². The molecule has 1 nitrogen and oxygen atoms in total. The van der Waals surface area contributed by atoms with Gasteiger partial charge in [-0.3, -0.25) is 0 Å². The molecule has 1 N–H and O–H groups in total. The molecule has 0 aliphatic heterocycles. The van der Waals surface area contributed by atoms with E-state index in [1.165, 1.54) is 0 Å². The number of halogens is 2. The highest BCUT2D eigenvalue weighted by Crippen LogP contribution is 2.23. The fraction of sp³-hybridized carbons (Fsp3) is 0.200. The smallest absolute Gasteiger partial charge is 0.0502 e. The van der Waals surface area contributed by atoms with Crippen LogP contribution in [0.15, 0.2) is 53.0 Å². The second-order valence-corrected chi connectivity index (χ2v) is 5.62. The molecule has 0 amide bonds. The lowest BCUT2D eigenvalue weighted by molar-refractivity contribution is 0.264. The lowest BCUT2D eigenvalue weighted by Crippen LogP contribution is -2.07. The molecule has 0 fully saturated rings. The van der Waals surface area contributed by atoms with Crippen molar-refractivity contribution >= 4 is 27.5 Å². The minimum Gasteiger partial charge on any atom is -0.396 e. The molecule has 0 aromatic heterocycles. The predicted octanol–water partition coefficient (Wildman–Crippen LogP) is 4.42. The molecule has 2 rings (SSSR count). The summed E-state index contributed by atoms with van der Waals surface area (Å²) in [5.74, 6) is 0.108. The lowest BCUT2D eigenvalue weighted by Gasteiger charge is -2.15. The maximum Gasteiger partial charge on any atom is 0.0502 e. The summed E-state index contributed by atoms with van der Waals surface area (Å²) < 4.78 is 1.05. The maximum absolute atomic E-state index is 9.53. The van der Waals surface area contributed by atoms with Gasteiger partial charge < -0.3 is 5.11 Å². The Morgan fingerprint density at radius 1 is 1.11 bits per heavy atom. The molecule has 2 aromatic carbocycles. The highest BCUT2D eigenvalue weighted by Gasteiger charge is 2.11. The molecule has 2 aromatic rings. The van der Waals surface area contributed by atoms with Gasteiger partial charge in [0.05, 0.1) is 6.61 Å². The Hall–Kier alpha value is -0.830. The second-order valence-electron chi connectivity index (χ2n) is 4.27. The van der Waals surface area contributed by atoms with E-state index in [9.17, 15) is 5.11 Å². The van der Waals surface area contributed by atoms with Crippen LogP contribution in [-0.4, -0.2) is 11.7 Å². The molecule has 0 heterocycles. The van der Waals surface area contributed by atoms with Crippen LogP contribution >= 0.6 is 27.5 Å². The summed E-state index contributed by atoms with van der Waals surface area (Å²) in [6.07, 6.45) is 0.790. The normalized spacial score (nSPS) is 12.4. The topological polar surface area (TPSA) is 20.2 Å². The number of hydrogen-bond acceptors (Lipinski definition) is 1. The minimum absolute atomic E-state index is 0.108. The average Bonchev–Trinajstić information content (AvgIpc) is 2.37. The molecule has 0 aliphatic carbocycles. The monoisotopic (exact) mass is 324 g/mol. The van der Waals surface area contributed by atoms with E-state index >= 15 is 0 Å². The summed E-state index contributed by atoms with van der Waals surface area (Å²) in [4.78, 5) is 0. The molecule has 0 spiro atoms. The first-order chi connectivity index (χ1) is 8.69. The van der Waals surface area contributed by atoms with Gasteiger partial charge in [-0.1, -0.05) is 51.8 Å². The lowest BCUT2D eigenvalue weighted by atomic mass is 9.93. The van der Waals surface area contributed by atoms with Gasteiger partial charge in [-0.05, 0) is 41.8 Å².